The maximum Gasteiger partial charge on any atom is 0.425 e. The predicted octanol–water partition coefficient (Wildman–Crippen LogP) is 4.02. The number of alkyl halides is 3. The van der Waals surface area contributed by atoms with E-state index < -0.39 is 42.2 Å². The summed E-state index contributed by atoms with van der Waals surface area (Å²) in [7, 11) is 0. The van der Waals surface area contributed by atoms with Crippen LogP contribution in [0.5, 0.6) is 0 Å². The topological polar surface area (TPSA) is 52.6 Å². The molecule has 1 aliphatic rings. The van der Waals surface area contributed by atoms with Crippen LogP contribution >= 0.6 is 0 Å². The van der Waals surface area contributed by atoms with Gasteiger partial charge in [-0.3, -0.25) is 4.79 Å². The first-order chi connectivity index (χ1) is 10.6. The zero-order chi connectivity index (χ0) is 17.7. The summed E-state index contributed by atoms with van der Waals surface area (Å²) in [4.78, 5) is 23.4. The van der Waals surface area contributed by atoms with Crippen LogP contribution in [-0.2, 0) is 19.1 Å². The largest absolute Gasteiger partial charge is 0.453 e. The van der Waals surface area contributed by atoms with Gasteiger partial charge >= 0.3 is 18.1 Å². The Balaban J connectivity index is 2.59. The number of ether oxygens (including phenoxy) is 2. The van der Waals surface area contributed by atoms with Crippen molar-refractivity contribution in [2.24, 2.45) is 11.3 Å². The van der Waals surface area contributed by atoms with Gasteiger partial charge in [-0.1, -0.05) is 26.2 Å². The molecule has 0 amide bonds. The van der Waals surface area contributed by atoms with Gasteiger partial charge in [0, 0.05) is 5.92 Å². The van der Waals surface area contributed by atoms with Crippen LogP contribution in [0.1, 0.15) is 59.3 Å². The molecule has 0 aliphatic heterocycles. The minimum atomic E-state index is -4.61. The molecule has 0 bridgehead atoms. The molecule has 23 heavy (non-hydrogen) atoms. The van der Waals surface area contributed by atoms with Crippen LogP contribution in [0, 0.1) is 11.3 Å². The number of carbonyl (C=O) groups is 2. The molecule has 0 saturated heterocycles. The lowest BCUT2D eigenvalue weighted by Crippen LogP contribution is -2.42. The van der Waals surface area contributed by atoms with Crippen molar-refractivity contribution in [2.45, 2.75) is 71.6 Å². The van der Waals surface area contributed by atoms with Crippen LogP contribution in [0.3, 0.4) is 0 Å². The molecule has 1 atom stereocenters. The molecule has 1 fully saturated rings. The highest BCUT2D eigenvalue weighted by molar-refractivity contribution is 5.79. The molecular formula is C16H25F3O4. The molecular weight excluding hydrogens is 313 g/mol. The maximum absolute atomic E-state index is 13.1. The molecule has 0 aromatic heterocycles. The summed E-state index contributed by atoms with van der Waals surface area (Å²) < 4.78 is 48.8. The molecule has 0 aromatic carbocycles. The van der Waals surface area contributed by atoms with E-state index in [-0.39, 0.29) is 0 Å². The third-order valence-electron chi connectivity index (χ3n) is 4.42. The monoisotopic (exact) mass is 338 g/mol. The van der Waals surface area contributed by atoms with Crippen molar-refractivity contribution in [2.75, 3.05) is 6.61 Å². The lowest BCUT2D eigenvalue weighted by atomic mass is 9.85. The van der Waals surface area contributed by atoms with Gasteiger partial charge in [0.25, 0.3) is 0 Å². The van der Waals surface area contributed by atoms with Crippen LogP contribution in [0.2, 0.25) is 0 Å². The molecule has 1 aliphatic carbocycles. The maximum atomic E-state index is 13.1. The van der Waals surface area contributed by atoms with Crippen LogP contribution < -0.4 is 0 Å². The number of esters is 2. The van der Waals surface area contributed by atoms with E-state index in [0.29, 0.717) is 32.1 Å². The van der Waals surface area contributed by atoms with Crippen LogP contribution in [-0.4, -0.2) is 30.8 Å². The van der Waals surface area contributed by atoms with Crippen molar-refractivity contribution in [1.82, 2.24) is 0 Å². The minimum Gasteiger partial charge on any atom is -0.453 e. The Morgan fingerprint density at radius 1 is 1.13 bits per heavy atom. The molecule has 4 nitrogen and oxygen atoms in total. The lowest BCUT2D eigenvalue weighted by molar-refractivity contribution is -0.238. The summed E-state index contributed by atoms with van der Waals surface area (Å²) in [6.07, 6.45) is -3.14. The molecule has 1 rings (SSSR count). The Morgan fingerprint density at radius 2 is 1.70 bits per heavy atom. The number of hydrogen-bond donors (Lipinski definition) is 0. The molecule has 0 aromatic rings. The molecule has 0 spiro atoms. The Hall–Kier alpha value is -1.27. The number of carbonyl (C=O) groups excluding carboxylic acids is 2. The van der Waals surface area contributed by atoms with E-state index in [1.165, 1.54) is 0 Å². The van der Waals surface area contributed by atoms with Gasteiger partial charge in [0.15, 0.2) is 12.7 Å². The number of halogens is 3. The first kappa shape index (κ1) is 19.8. The third-order valence-corrected chi connectivity index (χ3v) is 4.42. The van der Waals surface area contributed by atoms with Crippen LogP contribution in [0.25, 0.3) is 0 Å². The average molecular weight is 338 g/mol. The first-order valence-corrected chi connectivity index (χ1v) is 8.01. The number of rotatable bonds is 6. The summed E-state index contributed by atoms with van der Waals surface area (Å²) in [5.74, 6) is -2.49. The first-order valence-electron chi connectivity index (χ1n) is 8.01. The standard InChI is InChI=1S/C16H25F3O4/c1-4-15(2,3)14(21)22-10-12(20)23-13(16(17,18)19)11-8-6-5-7-9-11/h11,13H,4-10H2,1-3H3. The second-order valence-electron chi connectivity index (χ2n) is 6.66. The van der Waals surface area contributed by atoms with E-state index in [2.05, 4.69) is 4.74 Å². The van der Waals surface area contributed by atoms with Gasteiger partial charge < -0.3 is 9.47 Å². The lowest BCUT2D eigenvalue weighted by Gasteiger charge is -2.31. The second kappa shape index (κ2) is 8.02. The Bertz CT molecular complexity index is 412. The Kier molecular flexibility index (Phi) is 6.89. The van der Waals surface area contributed by atoms with Gasteiger partial charge in [-0.2, -0.15) is 13.2 Å². The minimum absolute atomic E-state index is 0.389. The van der Waals surface area contributed by atoms with Gasteiger partial charge in [0.05, 0.1) is 5.41 Å². The van der Waals surface area contributed by atoms with Crippen LogP contribution in [0.4, 0.5) is 13.2 Å². The van der Waals surface area contributed by atoms with E-state index in [0.717, 1.165) is 6.42 Å². The zero-order valence-corrected chi connectivity index (χ0v) is 13.9. The van der Waals surface area contributed by atoms with Crippen molar-refractivity contribution >= 4 is 11.9 Å². The highest BCUT2D eigenvalue weighted by Gasteiger charge is 2.47. The van der Waals surface area contributed by atoms with Crippen molar-refractivity contribution < 1.29 is 32.2 Å². The molecule has 134 valence electrons. The van der Waals surface area contributed by atoms with E-state index in [1.807, 2.05) is 0 Å². The van der Waals surface area contributed by atoms with Gasteiger partial charge in [-0.05, 0) is 33.1 Å². The van der Waals surface area contributed by atoms with Crippen molar-refractivity contribution in [3.63, 3.8) is 0 Å². The van der Waals surface area contributed by atoms with E-state index >= 15 is 0 Å². The van der Waals surface area contributed by atoms with Crippen LogP contribution in [0.15, 0.2) is 0 Å². The normalized spacial score (nSPS) is 18.3. The molecule has 1 saturated carbocycles. The Morgan fingerprint density at radius 3 is 2.17 bits per heavy atom. The quantitative estimate of drug-likeness (QED) is 0.687. The SMILES string of the molecule is CCC(C)(C)C(=O)OCC(=O)OC(C1CCCCC1)C(F)(F)F. The van der Waals surface area contributed by atoms with Gasteiger partial charge in [-0.15, -0.1) is 0 Å². The predicted molar refractivity (Wildman–Crippen MR) is 77.5 cm³/mol. The highest BCUT2D eigenvalue weighted by Crippen LogP contribution is 2.36. The van der Waals surface area contributed by atoms with Crippen molar-refractivity contribution in [3.8, 4) is 0 Å². The Labute approximate surface area is 134 Å². The van der Waals surface area contributed by atoms with Gasteiger partial charge in [-0.25, -0.2) is 4.79 Å². The second-order valence-corrected chi connectivity index (χ2v) is 6.66. The highest BCUT2D eigenvalue weighted by atomic mass is 19.4. The zero-order valence-electron chi connectivity index (χ0n) is 13.9. The number of hydrogen-bond acceptors (Lipinski definition) is 4. The summed E-state index contributed by atoms with van der Waals surface area (Å²) in [6, 6.07) is 0. The van der Waals surface area contributed by atoms with E-state index in [4.69, 9.17) is 4.74 Å². The van der Waals surface area contributed by atoms with Crippen molar-refractivity contribution in [3.05, 3.63) is 0 Å². The third kappa shape index (κ3) is 6.03. The molecule has 0 N–H and O–H groups in total. The smallest absolute Gasteiger partial charge is 0.425 e. The fraction of sp³-hybridized carbons (Fsp3) is 0.875. The van der Waals surface area contributed by atoms with Gasteiger partial charge in [0.1, 0.15) is 0 Å². The summed E-state index contributed by atoms with van der Waals surface area (Å²) >= 11 is 0. The summed E-state index contributed by atoms with van der Waals surface area (Å²) in [5, 5.41) is 0. The summed E-state index contributed by atoms with van der Waals surface area (Å²) in [6.45, 7) is 4.27. The fourth-order valence-corrected chi connectivity index (χ4v) is 2.51. The molecule has 0 radical (unpaired) electrons. The average Bonchev–Trinajstić information content (AvgIpc) is 2.49. The molecule has 7 heteroatoms. The van der Waals surface area contributed by atoms with E-state index in [1.54, 1.807) is 20.8 Å². The van der Waals surface area contributed by atoms with Crippen molar-refractivity contribution in [1.29, 1.82) is 0 Å². The summed E-state index contributed by atoms with van der Waals surface area (Å²) in [5.41, 5.74) is -0.785. The van der Waals surface area contributed by atoms with E-state index in [9.17, 15) is 22.8 Å². The molecule has 1 unspecified atom stereocenters. The molecule has 0 heterocycles. The fourth-order valence-electron chi connectivity index (χ4n) is 2.51. The van der Waals surface area contributed by atoms with Gasteiger partial charge in [0.2, 0.25) is 0 Å².